The Kier molecular flexibility index (Phi) is 1.99. The number of hydrogen-bond donors (Lipinski definition) is 0. The van der Waals surface area contributed by atoms with Gasteiger partial charge in [0.15, 0.2) is 6.71 Å². The van der Waals surface area contributed by atoms with Crippen molar-refractivity contribution in [3.05, 3.63) is 0 Å². The molecule has 2 heteroatoms. The quantitative estimate of drug-likeness (QED) is 0.483. The van der Waals surface area contributed by atoms with Crippen molar-refractivity contribution in [3.63, 3.8) is 0 Å². The van der Waals surface area contributed by atoms with Crippen molar-refractivity contribution in [2.75, 3.05) is 5.65 Å². The minimum Gasteiger partial charge on any atom is -0.167 e. The summed E-state index contributed by atoms with van der Waals surface area (Å²) in [6, 6.07) is 0. The summed E-state index contributed by atoms with van der Waals surface area (Å²) in [7, 11) is 0. The van der Waals surface area contributed by atoms with E-state index in [0.29, 0.717) is 0 Å². The van der Waals surface area contributed by atoms with Crippen molar-refractivity contribution < 1.29 is 0 Å². The van der Waals surface area contributed by atoms with E-state index in [9.17, 15) is 0 Å². The van der Waals surface area contributed by atoms with Crippen LogP contribution in [-0.2, 0) is 0 Å². The van der Waals surface area contributed by atoms with Gasteiger partial charge in [0, 0.05) is 5.25 Å². The molecular weight excluding hydrogens is 139 g/mol. The molecule has 2 atom stereocenters. The Morgan fingerprint density at radius 1 is 1.30 bits per heavy atom. The lowest BCUT2D eigenvalue weighted by molar-refractivity contribution is 0.514. The van der Waals surface area contributed by atoms with E-state index in [0.717, 1.165) is 17.8 Å². The van der Waals surface area contributed by atoms with Crippen LogP contribution < -0.4 is 0 Å². The second-order valence-electron chi connectivity index (χ2n) is 3.80. The van der Waals surface area contributed by atoms with Crippen molar-refractivity contribution in [1.29, 1.82) is 0 Å². The predicted octanol–water partition coefficient (Wildman–Crippen LogP) is 2.71. The molecule has 2 aliphatic rings. The van der Waals surface area contributed by atoms with Crippen LogP contribution in [0.1, 0.15) is 25.7 Å². The summed E-state index contributed by atoms with van der Waals surface area (Å²) in [6.07, 6.45) is 6.05. The van der Waals surface area contributed by atoms with Gasteiger partial charge in [-0.25, -0.2) is 0 Å². The minimum atomic E-state index is 1.02. The summed E-state index contributed by atoms with van der Waals surface area (Å²) in [6.45, 7) is 3.46. The van der Waals surface area contributed by atoms with Gasteiger partial charge < -0.3 is 0 Å². The van der Waals surface area contributed by atoms with E-state index in [1.807, 2.05) is 0 Å². The largest absolute Gasteiger partial charge is 0.167 e. The molecule has 1 aliphatic heterocycles. The van der Waals surface area contributed by atoms with Gasteiger partial charge in [0.05, 0.1) is 0 Å². The molecule has 0 aromatic heterocycles. The van der Waals surface area contributed by atoms with Gasteiger partial charge in [0.2, 0.25) is 0 Å². The zero-order chi connectivity index (χ0) is 6.97. The van der Waals surface area contributed by atoms with Gasteiger partial charge in [-0.15, -0.1) is 0 Å². The van der Waals surface area contributed by atoms with Crippen molar-refractivity contribution >= 4 is 18.5 Å². The van der Waals surface area contributed by atoms with Gasteiger partial charge in [-0.05, 0) is 17.9 Å². The Bertz CT molecular complexity index is 124. The molecule has 2 unspecified atom stereocenters. The van der Waals surface area contributed by atoms with Gasteiger partial charge in [-0.3, -0.25) is 0 Å². The zero-order valence-corrected chi connectivity index (χ0v) is 7.49. The lowest BCUT2D eigenvalue weighted by Crippen LogP contribution is -2.22. The van der Waals surface area contributed by atoms with Crippen LogP contribution >= 0.6 is 11.8 Å². The van der Waals surface area contributed by atoms with Crippen molar-refractivity contribution in [2.24, 2.45) is 0 Å². The Morgan fingerprint density at radius 2 is 2.10 bits per heavy atom. The highest BCUT2D eigenvalue weighted by atomic mass is 32.2. The van der Waals surface area contributed by atoms with E-state index in [1.165, 1.54) is 31.3 Å². The van der Waals surface area contributed by atoms with Crippen LogP contribution in [0.15, 0.2) is 0 Å². The normalized spacial score (nSPS) is 39.9. The maximum Gasteiger partial charge on any atom is 0.152 e. The van der Waals surface area contributed by atoms with Gasteiger partial charge >= 0.3 is 0 Å². The summed E-state index contributed by atoms with van der Waals surface area (Å²) in [5.41, 5.74) is 1.44. The average molecular weight is 154 g/mol. The molecule has 0 spiro atoms. The van der Waals surface area contributed by atoms with E-state index >= 15 is 0 Å². The van der Waals surface area contributed by atoms with Crippen LogP contribution in [0.4, 0.5) is 0 Å². The van der Waals surface area contributed by atoms with E-state index in [-0.39, 0.29) is 0 Å². The molecule has 0 aromatic carbocycles. The molecule has 1 aliphatic carbocycles. The lowest BCUT2D eigenvalue weighted by Gasteiger charge is -2.25. The summed E-state index contributed by atoms with van der Waals surface area (Å²) in [4.78, 5) is 0. The van der Waals surface area contributed by atoms with E-state index in [1.54, 1.807) is 0 Å². The predicted molar refractivity (Wildman–Crippen MR) is 50.1 cm³/mol. The molecule has 10 heavy (non-hydrogen) atoms. The molecule has 0 bridgehead atoms. The van der Waals surface area contributed by atoms with Crippen molar-refractivity contribution in [2.45, 2.75) is 43.6 Å². The Labute approximate surface area is 68.2 Å². The summed E-state index contributed by atoms with van der Waals surface area (Å²) < 4.78 is 0. The van der Waals surface area contributed by atoms with E-state index in [4.69, 9.17) is 0 Å². The number of thioether (sulfide) groups is 1. The summed E-state index contributed by atoms with van der Waals surface area (Å²) in [5, 5.41) is 1.06. The number of hydrogen-bond acceptors (Lipinski definition) is 1. The first-order valence-electron chi connectivity index (χ1n) is 4.49. The highest BCUT2D eigenvalue weighted by Gasteiger charge is 2.37. The SMILES string of the molecule is CB1CSC2CCCCC12. The van der Waals surface area contributed by atoms with Crippen molar-refractivity contribution in [3.8, 4) is 0 Å². The number of rotatable bonds is 0. The molecule has 2 fully saturated rings. The fourth-order valence-electron chi connectivity index (χ4n) is 2.38. The third-order valence-corrected chi connectivity index (χ3v) is 4.79. The molecular formula is C8H15BS. The standard InChI is InChI=1S/C8H15BS/c1-9-6-10-8-5-3-2-4-7(8)9/h7-8H,2-6H2,1H3. The Morgan fingerprint density at radius 3 is 2.90 bits per heavy atom. The molecule has 1 saturated carbocycles. The van der Waals surface area contributed by atoms with Crippen LogP contribution in [0, 0.1) is 0 Å². The van der Waals surface area contributed by atoms with Gasteiger partial charge in [-0.2, -0.15) is 11.8 Å². The first-order valence-corrected chi connectivity index (χ1v) is 5.54. The second-order valence-corrected chi connectivity index (χ2v) is 5.07. The van der Waals surface area contributed by atoms with Crippen LogP contribution in [0.3, 0.4) is 0 Å². The molecule has 1 heterocycles. The van der Waals surface area contributed by atoms with Crippen LogP contribution in [0.5, 0.6) is 0 Å². The Balaban J connectivity index is 2.01. The minimum absolute atomic E-state index is 1.02. The zero-order valence-electron chi connectivity index (χ0n) is 6.68. The summed E-state index contributed by atoms with van der Waals surface area (Å²) in [5.74, 6) is 1.10. The number of fused-ring (bicyclic) bond motifs is 1. The lowest BCUT2D eigenvalue weighted by atomic mass is 9.42. The molecule has 0 aromatic rings. The molecule has 2 rings (SSSR count). The molecule has 0 N–H and O–H groups in total. The third kappa shape index (κ3) is 1.11. The maximum absolute atomic E-state index is 2.43. The fraction of sp³-hybridized carbons (Fsp3) is 1.00. The van der Waals surface area contributed by atoms with Gasteiger partial charge in [0.1, 0.15) is 0 Å². The maximum atomic E-state index is 2.43. The molecule has 0 amide bonds. The third-order valence-electron chi connectivity index (χ3n) is 3.06. The topological polar surface area (TPSA) is 0 Å². The molecule has 1 saturated heterocycles. The molecule has 0 radical (unpaired) electrons. The highest BCUT2D eigenvalue weighted by molar-refractivity contribution is 8.02. The first kappa shape index (κ1) is 7.09. The van der Waals surface area contributed by atoms with Crippen molar-refractivity contribution in [1.82, 2.24) is 0 Å². The van der Waals surface area contributed by atoms with E-state index in [2.05, 4.69) is 18.6 Å². The smallest absolute Gasteiger partial charge is 0.152 e. The van der Waals surface area contributed by atoms with Gasteiger partial charge in [-0.1, -0.05) is 26.1 Å². The monoisotopic (exact) mass is 154 g/mol. The Hall–Kier alpha value is 0.415. The first-order chi connectivity index (χ1) is 4.88. The van der Waals surface area contributed by atoms with Gasteiger partial charge in [0.25, 0.3) is 0 Å². The van der Waals surface area contributed by atoms with E-state index < -0.39 is 0 Å². The van der Waals surface area contributed by atoms with Crippen LogP contribution in [0.2, 0.25) is 12.6 Å². The van der Waals surface area contributed by atoms with Crippen LogP contribution in [-0.4, -0.2) is 17.6 Å². The fourth-order valence-corrected chi connectivity index (χ4v) is 4.17. The van der Waals surface area contributed by atoms with Crippen LogP contribution in [0.25, 0.3) is 0 Å². The second kappa shape index (κ2) is 2.81. The molecule has 0 nitrogen and oxygen atoms in total. The highest BCUT2D eigenvalue weighted by Crippen LogP contribution is 2.45. The molecule has 56 valence electrons. The summed E-state index contributed by atoms with van der Waals surface area (Å²) >= 11 is 2.23. The average Bonchev–Trinajstić information content (AvgIpc) is 2.34.